The van der Waals surface area contributed by atoms with Crippen molar-refractivity contribution in [1.29, 1.82) is 0 Å². The van der Waals surface area contributed by atoms with Crippen molar-refractivity contribution in [2.24, 2.45) is 5.73 Å². The van der Waals surface area contributed by atoms with Gasteiger partial charge in [-0.25, -0.2) is 0 Å². The Hall–Kier alpha value is -1.59. The summed E-state index contributed by atoms with van der Waals surface area (Å²) in [6.07, 6.45) is 0.273. The van der Waals surface area contributed by atoms with Crippen LogP contribution in [0.1, 0.15) is 12.5 Å². The number of aliphatic carboxylic acids is 1. The van der Waals surface area contributed by atoms with E-state index in [0.717, 1.165) is 5.56 Å². The van der Waals surface area contributed by atoms with E-state index < -0.39 is 12.0 Å². The van der Waals surface area contributed by atoms with Crippen molar-refractivity contribution in [2.45, 2.75) is 19.4 Å². The number of hydrogen-bond donors (Lipinski definition) is 4. The highest BCUT2D eigenvalue weighted by Crippen LogP contribution is 2.10. The van der Waals surface area contributed by atoms with Crippen LogP contribution < -0.4 is 5.73 Å². The van der Waals surface area contributed by atoms with Gasteiger partial charge in [-0.1, -0.05) is 12.1 Å². The van der Waals surface area contributed by atoms with Gasteiger partial charge in [0.15, 0.2) is 0 Å². The SMILES string of the molecule is CCO.NC(Cc1ccc(O)cc1)C(=O)O. The number of aliphatic hydroxyl groups excluding tert-OH is 1. The van der Waals surface area contributed by atoms with E-state index in [4.69, 9.17) is 21.1 Å². The summed E-state index contributed by atoms with van der Waals surface area (Å²) >= 11 is 0. The van der Waals surface area contributed by atoms with Crippen molar-refractivity contribution in [1.82, 2.24) is 0 Å². The first-order chi connectivity index (χ1) is 7.51. The molecule has 5 nitrogen and oxygen atoms in total. The molecule has 0 saturated heterocycles. The number of aliphatic hydroxyl groups is 1. The third-order valence-electron chi connectivity index (χ3n) is 1.71. The Morgan fingerprint density at radius 1 is 1.38 bits per heavy atom. The van der Waals surface area contributed by atoms with Crippen molar-refractivity contribution < 1.29 is 20.1 Å². The molecule has 90 valence electrons. The van der Waals surface area contributed by atoms with E-state index in [1.807, 2.05) is 0 Å². The number of carboxylic acids is 1. The topological polar surface area (TPSA) is 104 Å². The molecular formula is C11H17NO4. The van der Waals surface area contributed by atoms with E-state index in [1.165, 1.54) is 12.1 Å². The van der Waals surface area contributed by atoms with Crippen molar-refractivity contribution in [3.63, 3.8) is 0 Å². The van der Waals surface area contributed by atoms with Crippen LogP contribution in [0.15, 0.2) is 24.3 Å². The van der Waals surface area contributed by atoms with Crippen LogP contribution in [0, 0.1) is 0 Å². The summed E-state index contributed by atoms with van der Waals surface area (Å²) in [4.78, 5) is 10.4. The first-order valence-electron chi connectivity index (χ1n) is 4.88. The van der Waals surface area contributed by atoms with Crippen molar-refractivity contribution in [2.75, 3.05) is 6.61 Å². The molecule has 1 aromatic carbocycles. The molecule has 0 saturated carbocycles. The molecule has 0 radical (unpaired) electrons. The standard InChI is InChI=1S/C9H11NO3.C2H6O/c10-8(9(12)13)5-6-1-3-7(11)4-2-6;1-2-3/h1-4,8,11H,5,10H2,(H,12,13);3H,2H2,1H3. The molecule has 0 aliphatic rings. The van der Waals surface area contributed by atoms with Crippen molar-refractivity contribution >= 4 is 5.97 Å². The third-order valence-corrected chi connectivity index (χ3v) is 1.71. The maximum Gasteiger partial charge on any atom is 0.320 e. The van der Waals surface area contributed by atoms with Gasteiger partial charge >= 0.3 is 5.97 Å². The van der Waals surface area contributed by atoms with Gasteiger partial charge in [-0.2, -0.15) is 0 Å². The third kappa shape index (κ3) is 6.00. The van der Waals surface area contributed by atoms with Crippen LogP contribution in [0.5, 0.6) is 5.75 Å². The summed E-state index contributed by atoms with van der Waals surface area (Å²) in [5.74, 6) is -0.860. The van der Waals surface area contributed by atoms with Gasteiger partial charge in [-0.15, -0.1) is 0 Å². The zero-order chi connectivity index (χ0) is 12.6. The average Bonchev–Trinajstić information content (AvgIpc) is 2.22. The normalized spacial score (nSPS) is 11.2. The van der Waals surface area contributed by atoms with Crippen LogP contribution in [0.4, 0.5) is 0 Å². The molecule has 0 heterocycles. The van der Waals surface area contributed by atoms with E-state index in [0.29, 0.717) is 0 Å². The molecule has 0 aromatic heterocycles. The van der Waals surface area contributed by atoms with Crippen molar-refractivity contribution in [3.8, 4) is 5.75 Å². The number of aromatic hydroxyl groups is 1. The molecule has 16 heavy (non-hydrogen) atoms. The van der Waals surface area contributed by atoms with E-state index in [2.05, 4.69) is 0 Å². The fourth-order valence-electron chi connectivity index (χ4n) is 0.973. The Morgan fingerprint density at radius 2 is 1.81 bits per heavy atom. The lowest BCUT2D eigenvalue weighted by atomic mass is 10.1. The molecule has 5 heteroatoms. The van der Waals surface area contributed by atoms with Crippen LogP contribution in [0.25, 0.3) is 0 Å². The molecule has 0 amide bonds. The molecule has 5 N–H and O–H groups in total. The zero-order valence-corrected chi connectivity index (χ0v) is 9.13. The fraction of sp³-hybridized carbons (Fsp3) is 0.364. The molecule has 1 rings (SSSR count). The molecule has 0 fully saturated rings. The number of nitrogens with two attached hydrogens (primary N) is 1. The quantitative estimate of drug-likeness (QED) is 0.596. The summed E-state index contributed by atoms with van der Waals surface area (Å²) in [6.45, 7) is 1.93. The molecule has 0 spiro atoms. The smallest absolute Gasteiger partial charge is 0.320 e. The van der Waals surface area contributed by atoms with Gasteiger partial charge in [0.25, 0.3) is 0 Å². The van der Waals surface area contributed by atoms with Crippen molar-refractivity contribution in [3.05, 3.63) is 29.8 Å². The monoisotopic (exact) mass is 227 g/mol. The minimum absolute atomic E-state index is 0.160. The summed E-state index contributed by atoms with van der Waals surface area (Å²) in [6, 6.07) is 5.42. The molecule has 0 aliphatic heterocycles. The van der Waals surface area contributed by atoms with Crippen LogP contribution in [-0.2, 0) is 11.2 Å². The van der Waals surface area contributed by atoms with Gasteiger partial charge in [-0.3, -0.25) is 4.79 Å². The van der Waals surface area contributed by atoms with E-state index in [-0.39, 0.29) is 18.8 Å². The number of phenolic OH excluding ortho intramolecular Hbond substituents is 1. The number of phenols is 1. The Morgan fingerprint density at radius 3 is 2.19 bits per heavy atom. The Labute approximate surface area is 94.1 Å². The number of hydrogen-bond acceptors (Lipinski definition) is 4. The largest absolute Gasteiger partial charge is 0.508 e. The highest BCUT2D eigenvalue weighted by molar-refractivity contribution is 5.73. The summed E-state index contributed by atoms with van der Waals surface area (Å²) in [7, 11) is 0. The van der Waals surface area contributed by atoms with Gasteiger partial charge in [0.1, 0.15) is 11.8 Å². The average molecular weight is 227 g/mol. The molecule has 0 aliphatic carbocycles. The maximum atomic E-state index is 10.4. The fourth-order valence-corrected chi connectivity index (χ4v) is 0.973. The highest BCUT2D eigenvalue weighted by atomic mass is 16.4. The van der Waals surface area contributed by atoms with E-state index >= 15 is 0 Å². The molecule has 1 atom stereocenters. The summed E-state index contributed by atoms with van der Waals surface area (Å²) in [5, 5.41) is 25.0. The number of benzene rings is 1. The second kappa shape index (κ2) is 7.67. The maximum absolute atomic E-state index is 10.4. The van der Waals surface area contributed by atoms with Gasteiger partial charge in [0.05, 0.1) is 0 Å². The van der Waals surface area contributed by atoms with Gasteiger partial charge in [-0.05, 0) is 31.0 Å². The minimum atomic E-state index is -1.02. The lowest BCUT2D eigenvalue weighted by Gasteiger charge is -2.05. The summed E-state index contributed by atoms with van der Waals surface area (Å²) in [5.41, 5.74) is 6.12. The second-order valence-electron chi connectivity index (χ2n) is 3.13. The van der Waals surface area contributed by atoms with Gasteiger partial charge in [0.2, 0.25) is 0 Å². The molecule has 1 unspecified atom stereocenters. The molecule has 0 bridgehead atoms. The zero-order valence-electron chi connectivity index (χ0n) is 9.13. The Bertz CT molecular complexity index is 310. The lowest BCUT2D eigenvalue weighted by Crippen LogP contribution is -2.32. The predicted octanol–water partition coefficient (Wildman–Crippen LogP) is 0.345. The van der Waals surface area contributed by atoms with Gasteiger partial charge < -0.3 is 21.1 Å². The number of carbonyl (C=O) groups is 1. The molecule has 1 aromatic rings. The van der Waals surface area contributed by atoms with Crippen LogP contribution in [-0.4, -0.2) is 33.9 Å². The first kappa shape index (κ1) is 14.4. The van der Waals surface area contributed by atoms with E-state index in [9.17, 15) is 4.79 Å². The first-order valence-corrected chi connectivity index (χ1v) is 4.88. The molecular weight excluding hydrogens is 210 g/mol. The van der Waals surface area contributed by atoms with Crippen LogP contribution >= 0.6 is 0 Å². The highest BCUT2D eigenvalue weighted by Gasteiger charge is 2.11. The lowest BCUT2D eigenvalue weighted by molar-refractivity contribution is -0.138. The van der Waals surface area contributed by atoms with Crippen LogP contribution in [0.3, 0.4) is 0 Å². The van der Waals surface area contributed by atoms with Crippen LogP contribution in [0.2, 0.25) is 0 Å². The number of rotatable bonds is 3. The van der Waals surface area contributed by atoms with E-state index in [1.54, 1.807) is 19.1 Å². The Kier molecular flexibility index (Phi) is 6.91. The summed E-state index contributed by atoms with van der Waals surface area (Å²) < 4.78 is 0. The second-order valence-corrected chi connectivity index (χ2v) is 3.13. The minimum Gasteiger partial charge on any atom is -0.508 e. The Balaban J connectivity index is 0.000000673. The number of carboxylic acid groups (broad SMARTS) is 1. The van der Waals surface area contributed by atoms with Gasteiger partial charge in [0, 0.05) is 6.61 Å². The predicted molar refractivity (Wildman–Crippen MR) is 60.2 cm³/mol.